The number of carbonyl (C=O) groups is 1. The molecule has 0 aliphatic rings. The maximum absolute atomic E-state index is 12.5. The second-order valence-electron chi connectivity index (χ2n) is 6.01. The first kappa shape index (κ1) is 17.5. The Hall–Kier alpha value is -3.28. The number of ether oxygens (including phenoxy) is 2. The number of nitrogens with one attached hydrogen (secondary N) is 2. The molecule has 0 fully saturated rings. The number of methoxy groups -OCH3 is 2. The van der Waals surface area contributed by atoms with E-state index in [1.807, 2.05) is 44.2 Å². The number of aryl methyl sites for hydroxylation is 2. The van der Waals surface area contributed by atoms with Crippen molar-refractivity contribution < 1.29 is 14.3 Å². The summed E-state index contributed by atoms with van der Waals surface area (Å²) < 4.78 is 10.6. The van der Waals surface area contributed by atoms with Crippen molar-refractivity contribution in [2.24, 2.45) is 0 Å². The first-order valence-corrected chi connectivity index (χ1v) is 8.18. The molecular formula is C20H21N3O3. The minimum absolute atomic E-state index is 0.238. The number of rotatable bonds is 5. The minimum atomic E-state index is -0.238. The van der Waals surface area contributed by atoms with Gasteiger partial charge in [-0.2, -0.15) is 5.10 Å². The van der Waals surface area contributed by atoms with Crippen LogP contribution in [0.25, 0.3) is 11.3 Å². The van der Waals surface area contributed by atoms with Crippen LogP contribution < -0.4 is 14.8 Å². The lowest BCUT2D eigenvalue weighted by molar-refractivity contribution is 0.102. The number of H-pyrrole nitrogens is 1. The van der Waals surface area contributed by atoms with Gasteiger partial charge in [-0.1, -0.05) is 12.1 Å². The molecule has 0 saturated carbocycles. The van der Waals surface area contributed by atoms with Gasteiger partial charge in [0, 0.05) is 11.3 Å². The van der Waals surface area contributed by atoms with Gasteiger partial charge < -0.3 is 14.8 Å². The van der Waals surface area contributed by atoms with Crippen molar-refractivity contribution in [3.63, 3.8) is 0 Å². The number of carbonyl (C=O) groups excluding carboxylic acids is 1. The average Bonchev–Trinajstić information content (AvgIpc) is 3.14. The Labute approximate surface area is 152 Å². The van der Waals surface area contributed by atoms with E-state index in [2.05, 4.69) is 15.5 Å². The van der Waals surface area contributed by atoms with E-state index < -0.39 is 0 Å². The summed E-state index contributed by atoms with van der Waals surface area (Å²) in [4.78, 5) is 12.5. The number of benzene rings is 2. The van der Waals surface area contributed by atoms with E-state index in [0.29, 0.717) is 22.9 Å². The number of hydrogen-bond donors (Lipinski definition) is 2. The first-order chi connectivity index (χ1) is 12.5. The van der Waals surface area contributed by atoms with Crippen LogP contribution in [0.1, 0.15) is 21.6 Å². The monoisotopic (exact) mass is 351 g/mol. The maximum Gasteiger partial charge on any atom is 0.273 e. The summed E-state index contributed by atoms with van der Waals surface area (Å²) >= 11 is 0. The highest BCUT2D eigenvalue weighted by atomic mass is 16.5. The molecule has 1 heterocycles. The highest BCUT2D eigenvalue weighted by Crippen LogP contribution is 2.31. The van der Waals surface area contributed by atoms with E-state index in [1.165, 1.54) is 0 Å². The molecule has 26 heavy (non-hydrogen) atoms. The molecule has 134 valence electrons. The fraction of sp³-hybridized carbons (Fsp3) is 0.200. The lowest BCUT2D eigenvalue weighted by atomic mass is 10.1. The van der Waals surface area contributed by atoms with Gasteiger partial charge in [0.1, 0.15) is 5.69 Å². The molecule has 6 nitrogen and oxygen atoms in total. The number of nitrogens with zero attached hydrogens (tertiary/aromatic N) is 1. The van der Waals surface area contributed by atoms with Crippen molar-refractivity contribution >= 4 is 11.6 Å². The van der Waals surface area contributed by atoms with Gasteiger partial charge in [0.05, 0.1) is 19.9 Å². The van der Waals surface area contributed by atoms with E-state index in [9.17, 15) is 4.79 Å². The Morgan fingerprint density at radius 3 is 2.50 bits per heavy atom. The highest BCUT2D eigenvalue weighted by Gasteiger charge is 2.14. The molecule has 2 aromatic carbocycles. The second kappa shape index (κ2) is 7.31. The molecule has 6 heteroatoms. The molecule has 0 radical (unpaired) electrons. The Balaban J connectivity index is 1.83. The molecule has 0 spiro atoms. The molecule has 0 bridgehead atoms. The first-order valence-electron chi connectivity index (χ1n) is 8.18. The zero-order valence-electron chi connectivity index (χ0n) is 15.2. The molecule has 1 amide bonds. The summed E-state index contributed by atoms with van der Waals surface area (Å²) in [5.41, 5.74) is 4.74. The predicted octanol–water partition coefficient (Wildman–Crippen LogP) is 3.96. The number of aromatic amines is 1. The van der Waals surface area contributed by atoms with Crippen molar-refractivity contribution in [3.8, 4) is 22.8 Å². The number of amides is 1. The van der Waals surface area contributed by atoms with Gasteiger partial charge in [-0.05, 0) is 55.3 Å². The standard InChI is InChI=1S/C20H21N3O3/c1-12-5-6-13(2)15(9-12)21-20(24)17-11-16(22-23-17)14-7-8-18(25-3)19(10-14)26-4/h5-11H,1-4H3,(H,21,24)(H,22,23). The van der Waals surface area contributed by atoms with E-state index in [1.54, 1.807) is 26.4 Å². The second-order valence-corrected chi connectivity index (χ2v) is 6.01. The number of hydrogen-bond acceptors (Lipinski definition) is 4. The van der Waals surface area contributed by atoms with Gasteiger partial charge in [0.25, 0.3) is 5.91 Å². The smallest absolute Gasteiger partial charge is 0.273 e. The van der Waals surface area contributed by atoms with Crippen molar-refractivity contribution in [3.05, 3.63) is 59.3 Å². The zero-order valence-corrected chi connectivity index (χ0v) is 15.2. The van der Waals surface area contributed by atoms with Gasteiger partial charge in [0.2, 0.25) is 0 Å². The number of anilines is 1. The third kappa shape index (κ3) is 3.54. The van der Waals surface area contributed by atoms with Crippen molar-refractivity contribution in [2.75, 3.05) is 19.5 Å². The summed E-state index contributed by atoms with van der Waals surface area (Å²) in [6.07, 6.45) is 0. The van der Waals surface area contributed by atoms with Crippen LogP contribution in [-0.4, -0.2) is 30.3 Å². The summed E-state index contributed by atoms with van der Waals surface area (Å²) in [5, 5.41) is 9.95. The summed E-state index contributed by atoms with van der Waals surface area (Å²) in [7, 11) is 3.16. The lowest BCUT2D eigenvalue weighted by Crippen LogP contribution is -2.13. The topological polar surface area (TPSA) is 76.2 Å². The molecule has 3 aromatic rings. The van der Waals surface area contributed by atoms with Crippen molar-refractivity contribution in [1.82, 2.24) is 10.2 Å². The van der Waals surface area contributed by atoms with Crippen LogP contribution in [0, 0.1) is 13.8 Å². The fourth-order valence-corrected chi connectivity index (χ4v) is 2.64. The quantitative estimate of drug-likeness (QED) is 0.729. The van der Waals surface area contributed by atoms with Crippen LogP contribution in [0.4, 0.5) is 5.69 Å². The van der Waals surface area contributed by atoms with Crippen LogP contribution in [0.3, 0.4) is 0 Å². The van der Waals surface area contributed by atoms with Crippen LogP contribution in [0.15, 0.2) is 42.5 Å². The maximum atomic E-state index is 12.5. The molecule has 0 atom stereocenters. The Kier molecular flexibility index (Phi) is 4.93. The van der Waals surface area contributed by atoms with Crippen LogP contribution in [0.2, 0.25) is 0 Å². The van der Waals surface area contributed by atoms with E-state index in [-0.39, 0.29) is 5.91 Å². The molecule has 0 aliphatic carbocycles. The Morgan fingerprint density at radius 1 is 1.00 bits per heavy atom. The molecule has 0 unspecified atom stereocenters. The third-order valence-corrected chi connectivity index (χ3v) is 4.14. The minimum Gasteiger partial charge on any atom is -0.493 e. The summed E-state index contributed by atoms with van der Waals surface area (Å²) in [6, 6.07) is 13.1. The summed E-state index contributed by atoms with van der Waals surface area (Å²) in [6.45, 7) is 3.94. The van der Waals surface area contributed by atoms with E-state index in [4.69, 9.17) is 9.47 Å². The van der Waals surface area contributed by atoms with Gasteiger partial charge in [-0.15, -0.1) is 0 Å². The highest BCUT2D eigenvalue weighted by molar-refractivity contribution is 6.03. The van der Waals surface area contributed by atoms with Crippen LogP contribution in [-0.2, 0) is 0 Å². The molecule has 3 rings (SSSR count). The Morgan fingerprint density at radius 2 is 1.77 bits per heavy atom. The molecular weight excluding hydrogens is 330 g/mol. The van der Waals surface area contributed by atoms with E-state index >= 15 is 0 Å². The zero-order chi connectivity index (χ0) is 18.7. The largest absolute Gasteiger partial charge is 0.493 e. The van der Waals surface area contributed by atoms with Gasteiger partial charge in [-0.3, -0.25) is 9.89 Å². The average molecular weight is 351 g/mol. The number of aromatic nitrogens is 2. The van der Waals surface area contributed by atoms with Gasteiger partial charge >= 0.3 is 0 Å². The fourth-order valence-electron chi connectivity index (χ4n) is 2.64. The van der Waals surface area contributed by atoms with Gasteiger partial charge in [0.15, 0.2) is 11.5 Å². The molecule has 0 aliphatic heterocycles. The Bertz CT molecular complexity index is 947. The molecule has 2 N–H and O–H groups in total. The van der Waals surface area contributed by atoms with Crippen molar-refractivity contribution in [2.45, 2.75) is 13.8 Å². The predicted molar refractivity (Wildman–Crippen MR) is 101 cm³/mol. The van der Waals surface area contributed by atoms with Gasteiger partial charge in [-0.25, -0.2) is 0 Å². The van der Waals surface area contributed by atoms with Crippen LogP contribution >= 0.6 is 0 Å². The summed E-state index contributed by atoms with van der Waals surface area (Å²) in [5.74, 6) is 1.01. The van der Waals surface area contributed by atoms with E-state index in [0.717, 1.165) is 22.4 Å². The SMILES string of the molecule is COc1ccc(-c2cc(C(=O)Nc3cc(C)ccc3C)[nH]n2)cc1OC. The van der Waals surface area contributed by atoms with Crippen molar-refractivity contribution in [1.29, 1.82) is 0 Å². The molecule has 0 saturated heterocycles. The molecule has 1 aromatic heterocycles. The lowest BCUT2D eigenvalue weighted by Gasteiger charge is -2.08. The third-order valence-electron chi connectivity index (χ3n) is 4.14. The normalized spacial score (nSPS) is 10.5. The van der Waals surface area contributed by atoms with Crippen LogP contribution in [0.5, 0.6) is 11.5 Å².